The molecule has 0 saturated heterocycles. The van der Waals surface area contributed by atoms with Gasteiger partial charge in [-0.25, -0.2) is 12.8 Å². The Bertz CT molecular complexity index is 1700. The summed E-state index contributed by atoms with van der Waals surface area (Å²) in [4.78, 5) is 29.7. The standard InChI is InChI=1S/C36H40FN3O5S/c1-4-5-22-38-36(42)34(24-28-10-7-6-8-11-28)39(25-29-12-9-13-32(23-29)45-3)35(41)26-40(31-18-16-30(37)17-19-31)46(43,44)33-20-14-27(2)15-21-33/h6-21,23,34H,4-5,22,24-26H2,1-3H3,(H,38,42)/t34-/m1/s1. The minimum atomic E-state index is -4.28. The van der Waals surface area contributed by atoms with Crippen LogP contribution < -0.4 is 14.4 Å². The molecule has 242 valence electrons. The van der Waals surface area contributed by atoms with Gasteiger partial charge in [0.05, 0.1) is 17.7 Å². The number of nitrogens with one attached hydrogen (secondary N) is 1. The van der Waals surface area contributed by atoms with Gasteiger partial charge in [0.2, 0.25) is 11.8 Å². The van der Waals surface area contributed by atoms with E-state index < -0.39 is 34.3 Å². The van der Waals surface area contributed by atoms with E-state index in [9.17, 15) is 22.4 Å². The van der Waals surface area contributed by atoms with E-state index in [0.29, 0.717) is 17.9 Å². The molecule has 8 nitrogen and oxygen atoms in total. The fraction of sp³-hybridized carbons (Fsp3) is 0.278. The number of carbonyl (C=O) groups excluding carboxylic acids is 2. The highest BCUT2D eigenvalue weighted by Crippen LogP contribution is 2.26. The van der Waals surface area contributed by atoms with Crippen LogP contribution >= 0.6 is 0 Å². The molecule has 4 aromatic carbocycles. The van der Waals surface area contributed by atoms with Gasteiger partial charge in [0.15, 0.2) is 0 Å². The Balaban J connectivity index is 1.79. The monoisotopic (exact) mass is 645 g/mol. The van der Waals surface area contributed by atoms with E-state index in [-0.39, 0.29) is 29.5 Å². The number of benzene rings is 4. The van der Waals surface area contributed by atoms with Gasteiger partial charge in [0.1, 0.15) is 24.2 Å². The van der Waals surface area contributed by atoms with E-state index in [2.05, 4.69) is 5.32 Å². The Morgan fingerprint density at radius 3 is 2.22 bits per heavy atom. The molecule has 2 amide bonds. The van der Waals surface area contributed by atoms with Crippen LogP contribution in [0.1, 0.15) is 36.5 Å². The molecule has 0 aliphatic carbocycles. The number of aryl methyl sites for hydroxylation is 1. The Labute approximate surface area is 270 Å². The summed E-state index contributed by atoms with van der Waals surface area (Å²) in [5.41, 5.74) is 2.51. The number of carbonyl (C=O) groups is 2. The zero-order valence-corrected chi connectivity index (χ0v) is 27.2. The number of methoxy groups -OCH3 is 1. The van der Waals surface area contributed by atoms with Crippen molar-refractivity contribution in [2.24, 2.45) is 0 Å². The second-order valence-corrected chi connectivity index (χ2v) is 12.9. The summed E-state index contributed by atoms with van der Waals surface area (Å²) >= 11 is 0. The summed E-state index contributed by atoms with van der Waals surface area (Å²) < 4.78 is 48.4. The number of amides is 2. The van der Waals surface area contributed by atoms with Gasteiger partial charge in [-0.1, -0.05) is 73.5 Å². The minimum Gasteiger partial charge on any atom is -0.497 e. The number of ether oxygens (including phenoxy) is 1. The minimum absolute atomic E-state index is 0.0105. The molecule has 10 heteroatoms. The molecule has 0 fully saturated rings. The lowest BCUT2D eigenvalue weighted by Crippen LogP contribution is -2.53. The highest BCUT2D eigenvalue weighted by Gasteiger charge is 2.34. The number of hydrogen-bond donors (Lipinski definition) is 1. The molecule has 0 bridgehead atoms. The second kappa shape index (κ2) is 16.0. The van der Waals surface area contributed by atoms with E-state index in [1.165, 1.54) is 36.3 Å². The van der Waals surface area contributed by atoms with Crippen molar-refractivity contribution < 1.29 is 27.1 Å². The van der Waals surface area contributed by atoms with Crippen LogP contribution in [0, 0.1) is 12.7 Å². The van der Waals surface area contributed by atoms with Crippen LogP contribution in [0.25, 0.3) is 0 Å². The number of unbranched alkanes of at least 4 members (excludes halogenated alkanes) is 1. The number of rotatable bonds is 15. The third kappa shape index (κ3) is 8.94. The molecule has 0 unspecified atom stereocenters. The molecule has 0 aromatic heterocycles. The molecular weight excluding hydrogens is 605 g/mol. The van der Waals surface area contributed by atoms with Gasteiger partial charge < -0.3 is 15.0 Å². The number of sulfonamides is 1. The molecule has 1 atom stereocenters. The van der Waals surface area contributed by atoms with Gasteiger partial charge in [-0.15, -0.1) is 0 Å². The van der Waals surface area contributed by atoms with Crippen LogP contribution in [0.15, 0.2) is 108 Å². The fourth-order valence-corrected chi connectivity index (χ4v) is 6.42. The zero-order chi connectivity index (χ0) is 33.1. The molecule has 0 heterocycles. The maximum Gasteiger partial charge on any atom is 0.264 e. The summed E-state index contributed by atoms with van der Waals surface area (Å²) in [7, 11) is -2.74. The van der Waals surface area contributed by atoms with Crippen molar-refractivity contribution in [3.05, 3.63) is 126 Å². The Morgan fingerprint density at radius 1 is 0.891 bits per heavy atom. The van der Waals surface area contributed by atoms with E-state index >= 15 is 0 Å². The first kappa shape index (κ1) is 34.2. The van der Waals surface area contributed by atoms with Gasteiger partial charge >= 0.3 is 0 Å². The Hall–Kier alpha value is -4.70. The van der Waals surface area contributed by atoms with E-state index in [0.717, 1.165) is 40.4 Å². The zero-order valence-electron chi connectivity index (χ0n) is 26.4. The molecule has 4 rings (SSSR count). The lowest BCUT2D eigenvalue weighted by atomic mass is 10.0. The van der Waals surface area contributed by atoms with Crippen molar-refractivity contribution in [2.45, 2.75) is 50.6 Å². The van der Waals surface area contributed by atoms with Crippen molar-refractivity contribution in [1.29, 1.82) is 0 Å². The van der Waals surface area contributed by atoms with Crippen molar-refractivity contribution in [3.63, 3.8) is 0 Å². The summed E-state index contributed by atoms with van der Waals surface area (Å²) in [6, 6.07) is 26.8. The van der Waals surface area contributed by atoms with Gasteiger partial charge in [0, 0.05) is 19.5 Å². The van der Waals surface area contributed by atoms with Gasteiger partial charge in [-0.3, -0.25) is 13.9 Å². The van der Waals surface area contributed by atoms with Crippen molar-refractivity contribution in [1.82, 2.24) is 10.2 Å². The topological polar surface area (TPSA) is 96.0 Å². The van der Waals surface area contributed by atoms with Crippen LogP contribution in [-0.4, -0.2) is 51.4 Å². The van der Waals surface area contributed by atoms with Gasteiger partial charge in [-0.2, -0.15) is 0 Å². The molecule has 0 aliphatic rings. The summed E-state index contributed by atoms with van der Waals surface area (Å²) in [6.45, 7) is 3.68. The molecule has 0 radical (unpaired) electrons. The van der Waals surface area contributed by atoms with Crippen LogP contribution in [0.5, 0.6) is 5.75 Å². The molecule has 0 saturated carbocycles. The third-order valence-electron chi connectivity index (χ3n) is 7.59. The maximum atomic E-state index is 14.5. The van der Waals surface area contributed by atoms with Crippen molar-refractivity contribution >= 4 is 27.5 Å². The Morgan fingerprint density at radius 2 is 1.57 bits per heavy atom. The normalized spacial score (nSPS) is 11.8. The predicted molar refractivity (Wildman–Crippen MR) is 178 cm³/mol. The van der Waals surface area contributed by atoms with Crippen molar-refractivity contribution in [3.8, 4) is 5.75 Å². The summed E-state index contributed by atoms with van der Waals surface area (Å²) in [6.07, 6.45) is 1.84. The number of halogens is 1. The summed E-state index contributed by atoms with van der Waals surface area (Å²) in [5.74, 6) is -0.918. The van der Waals surface area contributed by atoms with Crippen LogP contribution in [-0.2, 0) is 32.6 Å². The molecule has 4 aromatic rings. The lowest BCUT2D eigenvalue weighted by Gasteiger charge is -2.34. The van der Waals surface area contributed by atoms with Crippen LogP contribution in [0.2, 0.25) is 0 Å². The first-order valence-corrected chi connectivity index (χ1v) is 16.7. The molecular formula is C36H40FN3O5S. The number of anilines is 1. The van der Waals surface area contributed by atoms with E-state index in [1.807, 2.05) is 50.2 Å². The first-order chi connectivity index (χ1) is 22.1. The van der Waals surface area contributed by atoms with Gasteiger partial charge in [-0.05, 0) is 73.0 Å². The highest BCUT2D eigenvalue weighted by molar-refractivity contribution is 7.92. The largest absolute Gasteiger partial charge is 0.497 e. The fourth-order valence-electron chi connectivity index (χ4n) is 5.00. The number of hydrogen-bond acceptors (Lipinski definition) is 5. The molecule has 0 spiro atoms. The predicted octanol–water partition coefficient (Wildman–Crippen LogP) is 5.89. The SMILES string of the molecule is CCCCNC(=O)[C@@H](Cc1ccccc1)N(Cc1cccc(OC)c1)C(=O)CN(c1ccc(F)cc1)S(=O)(=O)c1ccc(C)cc1. The van der Waals surface area contributed by atoms with Crippen LogP contribution in [0.4, 0.5) is 10.1 Å². The third-order valence-corrected chi connectivity index (χ3v) is 9.38. The van der Waals surface area contributed by atoms with Crippen LogP contribution in [0.3, 0.4) is 0 Å². The molecule has 0 aliphatic heterocycles. The Kier molecular flexibility index (Phi) is 11.9. The maximum absolute atomic E-state index is 14.5. The van der Waals surface area contributed by atoms with E-state index in [1.54, 1.807) is 30.3 Å². The lowest BCUT2D eigenvalue weighted by molar-refractivity contribution is -0.140. The number of nitrogens with zero attached hydrogens (tertiary/aromatic N) is 2. The smallest absolute Gasteiger partial charge is 0.264 e. The quantitative estimate of drug-likeness (QED) is 0.163. The average Bonchev–Trinajstić information content (AvgIpc) is 3.06. The van der Waals surface area contributed by atoms with E-state index in [4.69, 9.17) is 4.74 Å². The summed E-state index contributed by atoms with van der Waals surface area (Å²) in [5, 5.41) is 2.97. The second-order valence-electron chi connectivity index (χ2n) is 11.0. The highest BCUT2D eigenvalue weighted by atomic mass is 32.2. The average molecular weight is 646 g/mol. The first-order valence-electron chi connectivity index (χ1n) is 15.2. The van der Waals surface area contributed by atoms with Gasteiger partial charge in [0.25, 0.3) is 10.0 Å². The molecule has 46 heavy (non-hydrogen) atoms. The molecule has 1 N–H and O–H groups in total. The van der Waals surface area contributed by atoms with Crippen molar-refractivity contribution in [2.75, 3.05) is 24.5 Å².